The number of hydrogen-bond donors (Lipinski definition) is 2. The molecule has 1 amide bonds. The normalized spacial score (nSPS) is 17.3. The number of pyridine rings is 1. The van der Waals surface area contributed by atoms with Crippen molar-refractivity contribution in [3.05, 3.63) is 64.8 Å². The van der Waals surface area contributed by atoms with Crippen LogP contribution in [0.5, 0.6) is 5.75 Å². The fourth-order valence-corrected chi connectivity index (χ4v) is 5.78. The summed E-state index contributed by atoms with van der Waals surface area (Å²) in [5.74, 6) is 0.904. The van der Waals surface area contributed by atoms with E-state index < -0.39 is 11.7 Å². The number of amides is 1. The van der Waals surface area contributed by atoms with Crippen LogP contribution in [-0.2, 0) is 29.3 Å². The summed E-state index contributed by atoms with van der Waals surface area (Å²) in [4.78, 5) is 33.2. The zero-order valence-corrected chi connectivity index (χ0v) is 26.6. The number of nitrogens with one attached hydrogen (secondary N) is 1. The predicted molar refractivity (Wildman–Crippen MR) is 170 cm³/mol. The molecule has 1 aliphatic carbocycles. The molecule has 2 aliphatic rings. The number of aromatic nitrogens is 5. The number of carbonyl (C=O) groups is 1. The van der Waals surface area contributed by atoms with Crippen LogP contribution in [0.2, 0.25) is 5.02 Å². The first-order valence-electron chi connectivity index (χ1n) is 14.9. The third-order valence-electron chi connectivity index (χ3n) is 8.30. The van der Waals surface area contributed by atoms with Gasteiger partial charge in [-0.15, -0.1) is 0 Å². The molecule has 3 aromatic heterocycles. The summed E-state index contributed by atoms with van der Waals surface area (Å²) in [7, 11) is 4.91. The van der Waals surface area contributed by atoms with Crippen LogP contribution < -0.4 is 20.7 Å². The Labute approximate surface area is 273 Å². The molecular weight excluding hydrogens is 639 g/mol. The standard InChI is InChI=1S/C31H33ClF3N9O3/c1-42(29(45)17-4-5-17)25-14-37-22(12-38-25)23(11-36)47-24-13-39-28-27(26(24)32)43(2)30(41-28)40-19-7-6-18(21(10-19)31(33,34)35)15-44-9-8-20(16-44)46-3/h6-7,10-14,17,20H,4-5,8-9,15-16,36H2,1-3H3,(H,39,40,41)/t20-/m1/s1. The predicted octanol–water partition coefficient (Wildman–Crippen LogP) is 5.10. The molecule has 1 saturated carbocycles. The maximum atomic E-state index is 14.1. The van der Waals surface area contributed by atoms with E-state index in [0.717, 1.165) is 25.3 Å². The van der Waals surface area contributed by atoms with Crippen molar-refractivity contribution in [2.45, 2.75) is 38.1 Å². The van der Waals surface area contributed by atoms with Gasteiger partial charge in [-0.3, -0.25) is 14.6 Å². The van der Waals surface area contributed by atoms with Crippen LogP contribution in [0.4, 0.5) is 30.6 Å². The lowest BCUT2D eigenvalue weighted by molar-refractivity contribution is -0.138. The van der Waals surface area contributed by atoms with Crippen molar-refractivity contribution in [1.82, 2.24) is 29.4 Å². The molecule has 248 valence electrons. The Hall–Kier alpha value is -4.47. The van der Waals surface area contributed by atoms with Crippen molar-refractivity contribution in [3.8, 4) is 5.75 Å². The molecule has 0 spiro atoms. The minimum Gasteiger partial charge on any atom is -0.450 e. The highest BCUT2D eigenvalue weighted by Gasteiger charge is 2.35. The van der Waals surface area contributed by atoms with Gasteiger partial charge in [-0.1, -0.05) is 17.7 Å². The van der Waals surface area contributed by atoms with Crippen LogP contribution in [0.3, 0.4) is 0 Å². The molecule has 1 atom stereocenters. The minimum atomic E-state index is -4.56. The molecule has 0 radical (unpaired) electrons. The molecule has 47 heavy (non-hydrogen) atoms. The number of fused-ring (bicyclic) bond motifs is 1. The van der Waals surface area contributed by atoms with E-state index in [0.29, 0.717) is 30.1 Å². The van der Waals surface area contributed by atoms with Crippen LogP contribution in [-0.4, -0.2) is 68.7 Å². The number of methoxy groups -OCH3 is 1. The second kappa shape index (κ2) is 13.0. The van der Waals surface area contributed by atoms with E-state index in [4.69, 9.17) is 26.8 Å². The second-order valence-electron chi connectivity index (χ2n) is 11.5. The molecule has 16 heteroatoms. The van der Waals surface area contributed by atoms with E-state index >= 15 is 0 Å². The Morgan fingerprint density at radius 2 is 1.98 bits per heavy atom. The Bertz CT molecular complexity index is 1830. The molecule has 4 aromatic rings. The van der Waals surface area contributed by atoms with E-state index in [9.17, 15) is 18.0 Å². The Kier molecular flexibility index (Phi) is 8.96. The average molecular weight is 672 g/mol. The number of aryl methyl sites for hydroxylation is 1. The topological polar surface area (TPSA) is 137 Å². The molecule has 3 N–H and O–H groups in total. The smallest absolute Gasteiger partial charge is 0.416 e. The number of anilines is 3. The highest BCUT2D eigenvalue weighted by molar-refractivity contribution is 6.36. The largest absolute Gasteiger partial charge is 0.450 e. The number of carbonyl (C=O) groups excluding carboxylic acids is 1. The number of hydrogen-bond acceptors (Lipinski definition) is 10. The van der Waals surface area contributed by atoms with E-state index in [1.165, 1.54) is 35.8 Å². The van der Waals surface area contributed by atoms with Gasteiger partial charge >= 0.3 is 6.18 Å². The number of imidazole rings is 1. The lowest BCUT2D eigenvalue weighted by Crippen LogP contribution is -2.28. The van der Waals surface area contributed by atoms with Crippen LogP contribution in [0.15, 0.2) is 43.0 Å². The van der Waals surface area contributed by atoms with Gasteiger partial charge in [0.1, 0.15) is 16.2 Å². The highest BCUT2D eigenvalue weighted by Crippen LogP contribution is 2.38. The first-order chi connectivity index (χ1) is 22.5. The summed E-state index contributed by atoms with van der Waals surface area (Å²) in [6, 6.07) is 4.14. The summed E-state index contributed by atoms with van der Waals surface area (Å²) in [6.45, 7) is 1.41. The molecule has 2 fully saturated rings. The van der Waals surface area contributed by atoms with Gasteiger partial charge in [-0.05, 0) is 37.0 Å². The van der Waals surface area contributed by atoms with Crippen molar-refractivity contribution in [3.63, 3.8) is 0 Å². The number of nitrogens with two attached hydrogens (primary N) is 1. The molecule has 6 rings (SSSR count). The van der Waals surface area contributed by atoms with Gasteiger partial charge in [0, 0.05) is 58.6 Å². The number of rotatable bonds is 10. The summed E-state index contributed by atoms with van der Waals surface area (Å²) < 4.78 is 55.3. The van der Waals surface area contributed by atoms with Gasteiger partial charge in [0.15, 0.2) is 23.0 Å². The number of halogens is 4. The Morgan fingerprint density at radius 3 is 2.62 bits per heavy atom. The van der Waals surface area contributed by atoms with Crippen molar-refractivity contribution in [1.29, 1.82) is 0 Å². The summed E-state index contributed by atoms with van der Waals surface area (Å²) in [5, 5.41) is 3.11. The monoisotopic (exact) mass is 671 g/mol. The fourth-order valence-electron chi connectivity index (χ4n) is 5.48. The first-order valence-corrected chi connectivity index (χ1v) is 15.3. The highest BCUT2D eigenvalue weighted by atomic mass is 35.5. The molecule has 0 bridgehead atoms. The van der Waals surface area contributed by atoms with E-state index in [-0.39, 0.29) is 63.9 Å². The van der Waals surface area contributed by atoms with E-state index in [1.54, 1.807) is 31.8 Å². The van der Waals surface area contributed by atoms with E-state index in [1.807, 2.05) is 4.90 Å². The zero-order valence-electron chi connectivity index (χ0n) is 25.9. The lowest BCUT2D eigenvalue weighted by Gasteiger charge is -2.20. The van der Waals surface area contributed by atoms with Gasteiger partial charge in [0.2, 0.25) is 11.9 Å². The maximum Gasteiger partial charge on any atom is 0.416 e. The van der Waals surface area contributed by atoms with Crippen LogP contribution in [0.25, 0.3) is 16.9 Å². The zero-order chi connectivity index (χ0) is 33.5. The Balaban J connectivity index is 1.21. The van der Waals surface area contributed by atoms with Gasteiger partial charge in [-0.25, -0.2) is 15.0 Å². The number of benzene rings is 1. The first kappa shape index (κ1) is 32.5. The van der Waals surface area contributed by atoms with Crippen LogP contribution >= 0.6 is 11.6 Å². The molecule has 12 nitrogen and oxygen atoms in total. The second-order valence-corrected chi connectivity index (χ2v) is 11.9. The van der Waals surface area contributed by atoms with Gasteiger partial charge in [-0.2, -0.15) is 18.2 Å². The van der Waals surface area contributed by atoms with Gasteiger partial charge in [0.05, 0.1) is 30.3 Å². The summed E-state index contributed by atoms with van der Waals surface area (Å²) >= 11 is 6.73. The molecule has 1 saturated heterocycles. The van der Waals surface area contributed by atoms with Gasteiger partial charge < -0.3 is 25.1 Å². The average Bonchev–Trinajstić information content (AvgIpc) is 3.73. The molecule has 1 aromatic carbocycles. The SMILES string of the molecule is CO[C@@H]1CCN(Cc2ccc(Nc3nc4ncc(OC(=CN)c5cnc(N(C)C(=O)C6CC6)cn5)c(Cl)c4n3C)cc2C(F)(F)F)C1. The van der Waals surface area contributed by atoms with Crippen molar-refractivity contribution in [2.24, 2.45) is 18.7 Å². The quantitative estimate of drug-likeness (QED) is 0.219. The number of nitrogens with zero attached hydrogens (tertiary/aromatic N) is 7. The van der Waals surface area contributed by atoms with Gasteiger partial charge in [0.25, 0.3) is 0 Å². The number of alkyl halides is 3. The third-order valence-corrected chi connectivity index (χ3v) is 8.66. The summed E-state index contributed by atoms with van der Waals surface area (Å²) in [5.41, 5.74) is 6.40. The lowest BCUT2D eigenvalue weighted by atomic mass is 10.1. The molecule has 0 unspecified atom stereocenters. The number of likely N-dealkylation sites (tertiary alicyclic amines) is 1. The van der Waals surface area contributed by atoms with Crippen LogP contribution in [0.1, 0.15) is 36.1 Å². The van der Waals surface area contributed by atoms with Crippen LogP contribution in [0, 0.1) is 5.92 Å². The fraction of sp³-hybridized carbons (Fsp3) is 0.387. The van der Waals surface area contributed by atoms with Crippen molar-refractivity contribution >= 4 is 51.9 Å². The Morgan fingerprint density at radius 1 is 1.19 bits per heavy atom. The maximum absolute atomic E-state index is 14.1. The molecule has 4 heterocycles. The summed E-state index contributed by atoms with van der Waals surface area (Å²) in [6.07, 6.45) is 3.42. The third kappa shape index (κ3) is 6.82. The molecular formula is C31H33ClF3N9O3. The molecule has 1 aliphatic heterocycles. The number of ether oxygens (including phenoxy) is 2. The van der Waals surface area contributed by atoms with Crippen molar-refractivity contribution in [2.75, 3.05) is 37.5 Å². The minimum absolute atomic E-state index is 0.00887. The van der Waals surface area contributed by atoms with E-state index in [2.05, 4.69) is 25.3 Å². The van der Waals surface area contributed by atoms with Crippen molar-refractivity contribution < 1.29 is 27.4 Å².